The number of hydrogen-bond donors (Lipinski definition) is 12. The molecule has 37 heteroatoms. The molecule has 1 aromatic heterocycles. The van der Waals surface area contributed by atoms with E-state index < -0.39 is 122 Å². The molecule has 0 fully saturated rings. The van der Waals surface area contributed by atoms with Crippen molar-refractivity contribution < 1.29 is 93.3 Å². The van der Waals surface area contributed by atoms with Crippen LogP contribution in [0.2, 0.25) is 0 Å². The molecule has 570 valence electrons. The number of amides is 11. The van der Waals surface area contributed by atoms with E-state index in [0.717, 1.165) is 23.2 Å². The topological polar surface area (TPSA) is 459 Å². The Hall–Kier alpha value is -11.2. The fraction of sp³-hybridized carbons (Fsp3) is 0.377. The van der Waals surface area contributed by atoms with Crippen molar-refractivity contribution in [2.24, 2.45) is 10.1 Å². The van der Waals surface area contributed by atoms with Gasteiger partial charge in [0, 0.05) is 78.9 Å². The van der Waals surface area contributed by atoms with Crippen LogP contribution < -0.4 is 67.8 Å². The number of benzene rings is 5. The van der Waals surface area contributed by atoms with Crippen LogP contribution in [-0.2, 0) is 68.5 Å². The molecule has 33 nitrogen and oxygen atoms in total. The summed E-state index contributed by atoms with van der Waals surface area (Å²) in [6.07, 6.45) is 2.36. The molecule has 4 bridgehead atoms. The Labute approximate surface area is 610 Å². The van der Waals surface area contributed by atoms with Gasteiger partial charge in [0.1, 0.15) is 41.1 Å². The molecule has 11 amide bonds. The maximum absolute atomic E-state index is 15.2. The van der Waals surface area contributed by atoms with E-state index in [2.05, 4.69) is 66.9 Å². The average Bonchev–Trinajstić information content (AvgIpc) is 0.844. The number of carboxylic acids is 1. The Morgan fingerprint density at radius 2 is 1.36 bits per heavy atom. The standard InChI is InChI=1S/C69H85F2N15O18S2/c1-6-22-73-67(94)80-49-12-10-14-53(37-49)106(98,99)84-50-13-9-11-45(34-50)56(39-61(89)90)82-69(96)79-48-18-16-47(17-19-48)78-68(95)74-23-27-101-29-31-102-30-28-100-26-21-60(88)76-42(2)65(93)86(4)43(3)63(91)81-57(38-59(72)87)64(92)85-105(5,97)41-44-32-51-36-52(33-44)103-24-7-8-25-104-58-35-46(70)15-20-54(58)62-55(71)40-75-66(77-51)83-62/h9-20,32-37,40,42-43,56-57,84H,6-8,21-31,38-39,41H2,1-5H3,(H2,72,87)(H,76,88)(H,81,91)(H,89,90)(H2,73,80,94)(H2,74,78,95)(H,75,77,83)(H2,79,82,96)/t42-,43-,56+,57-,105?/m0/s1. The van der Waals surface area contributed by atoms with E-state index in [9.17, 15) is 65.3 Å². The number of hydrogen-bond acceptors (Lipinski definition) is 20. The van der Waals surface area contributed by atoms with Crippen LogP contribution in [0.3, 0.4) is 0 Å². The van der Waals surface area contributed by atoms with Crippen LogP contribution in [0, 0.1) is 11.6 Å². The lowest BCUT2D eigenvalue weighted by Crippen LogP contribution is -2.55. The summed E-state index contributed by atoms with van der Waals surface area (Å²) in [6, 6.07) is 18.8. The number of fused-ring (bicyclic) bond motifs is 6. The number of carbonyl (C=O) groups is 9. The Bertz CT molecular complexity index is 4360. The van der Waals surface area contributed by atoms with Gasteiger partial charge in [0.15, 0.2) is 5.82 Å². The van der Waals surface area contributed by atoms with Gasteiger partial charge in [-0.15, -0.1) is 0 Å². The van der Waals surface area contributed by atoms with Crippen molar-refractivity contribution in [2.75, 3.05) is 105 Å². The molecule has 0 aliphatic carbocycles. The van der Waals surface area contributed by atoms with Gasteiger partial charge in [-0.1, -0.05) is 25.1 Å². The van der Waals surface area contributed by atoms with Gasteiger partial charge in [0.05, 0.1) is 98.3 Å². The van der Waals surface area contributed by atoms with Gasteiger partial charge in [-0.3, -0.25) is 33.5 Å². The lowest BCUT2D eigenvalue weighted by Gasteiger charge is -2.28. The van der Waals surface area contributed by atoms with E-state index in [1.807, 2.05) is 6.92 Å². The van der Waals surface area contributed by atoms with E-state index in [1.54, 1.807) is 18.2 Å². The van der Waals surface area contributed by atoms with Gasteiger partial charge in [-0.05, 0) is 123 Å². The van der Waals surface area contributed by atoms with Crippen molar-refractivity contribution in [3.05, 3.63) is 138 Å². The van der Waals surface area contributed by atoms with Gasteiger partial charge in [0.25, 0.3) is 15.9 Å². The number of halogens is 2. The molecule has 0 saturated heterocycles. The van der Waals surface area contributed by atoms with E-state index in [0.29, 0.717) is 54.2 Å². The summed E-state index contributed by atoms with van der Waals surface area (Å²) in [5.74, 6) is -6.95. The summed E-state index contributed by atoms with van der Waals surface area (Å²) in [5, 5.41) is 33.3. The zero-order chi connectivity index (χ0) is 76.9. The van der Waals surface area contributed by atoms with Crippen LogP contribution in [-0.4, -0.2) is 184 Å². The van der Waals surface area contributed by atoms with Crippen molar-refractivity contribution in [3.8, 4) is 22.8 Å². The van der Waals surface area contributed by atoms with E-state index in [-0.39, 0.29) is 116 Å². The number of primary amides is 1. The summed E-state index contributed by atoms with van der Waals surface area (Å²) in [4.78, 5) is 125. The summed E-state index contributed by atoms with van der Waals surface area (Å²) < 4.78 is 105. The second-order valence-corrected chi connectivity index (χ2v) is 28.1. The molecule has 0 spiro atoms. The third-order valence-electron chi connectivity index (χ3n) is 15.3. The number of aromatic nitrogens is 2. The highest BCUT2D eigenvalue weighted by molar-refractivity contribution is 7.93. The third kappa shape index (κ3) is 27.2. The monoisotopic (exact) mass is 1510 g/mol. The second kappa shape index (κ2) is 40.2. The second-order valence-electron chi connectivity index (χ2n) is 24.0. The van der Waals surface area contributed by atoms with E-state index in [1.165, 1.54) is 106 Å². The molecule has 0 radical (unpaired) electrons. The first kappa shape index (κ1) is 82.1. The number of nitrogens with one attached hydrogen (secondary N) is 10. The number of anilines is 6. The van der Waals surface area contributed by atoms with Gasteiger partial charge in [-0.2, -0.15) is 4.36 Å². The largest absolute Gasteiger partial charge is 0.494 e. The number of urea groups is 3. The minimum absolute atomic E-state index is 0.0319. The number of nitrogens with zero attached hydrogens (tertiary/aromatic N) is 4. The fourth-order valence-electron chi connectivity index (χ4n) is 10.1. The minimum atomic E-state index is -4.19. The average molecular weight is 1510 g/mol. The van der Waals surface area contributed by atoms with Gasteiger partial charge in [-0.25, -0.2) is 45.8 Å². The lowest BCUT2D eigenvalue weighted by molar-refractivity contribution is -0.141. The highest BCUT2D eigenvalue weighted by Crippen LogP contribution is 2.34. The molecule has 1 aliphatic rings. The molecule has 13 N–H and O–H groups in total. The van der Waals surface area contributed by atoms with Crippen molar-refractivity contribution in [1.29, 1.82) is 0 Å². The van der Waals surface area contributed by atoms with Crippen molar-refractivity contribution in [3.63, 3.8) is 0 Å². The SMILES string of the molecule is CCCNC(=O)Nc1cccc(S(=O)(=O)Nc2cccc([C@@H](CC(=O)O)NC(=O)Nc3ccc(NC(=O)NCCOCCOCCOCCC(=O)N[C@@H](C)C(=O)N(C)[C@@H](C)C(=O)N[C@@H](CC(N)=O)C(=O)N=S(C)(=O)Cc4cc5cc(c4)OCCCCOc4cc(F)ccc4-c4nc(ncc4F)N5)cc3)c2)c1. The zero-order valence-electron chi connectivity index (χ0n) is 58.6. The first-order valence-corrected chi connectivity index (χ1v) is 36.9. The highest BCUT2D eigenvalue weighted by atomic mass is 32.2. The Morgan fingerprint density at radius 1 is 0.717 bits per heavy atom. The van der Waals surface area contributed by atoms with Crippen molar-refractivity contribution in [2.45, 2.75) is 94.1 Å². The molecule has 5 aromatic carbocycles. The smallest absolute Gasteiger partial charge is 0.319 e. The molecule has 6 aromatic rings. The van der Waals surface area contributed by atoms with Gasteiger partial charge < -0.3 is 87.3 Å². The first-order chi connectivity index (χ1) is 50.5. The maximum atomic E-state index is 15.2. The number of ether oxygens (including phenoxy) is 5. The number of rotatable bonds is 34. The number of likely N-dealkylation sites (N-methyl/N-ethyl adjacent to an activating group) is 1. The molecule has 7 rings (SSSR count). The highest BCUT2D eigenvalue weighted by Gasteiger charge is 2.32. The Kier molecular flexibility index (Phi) is 31.2. The number of aliphatic carboxylic acids is 1. The third-order valence-corrected chi connectivity index (χ3v) is 18.2. The molecule has 106 heavy (non-hydrogen) atoms. The quantitative estimate of drug-likeness (QED) is 0.0192. The fourth-order valence-corrected chi connectivity index (χ4v) is 12.5. The number of carboxylic acid groups (broad SMARTS) is 1. The molecule has 1 unspecified atom stereocenters. The summed E-state index contributed by atoms with van der Waals surface area (Å²) in [6.45, 7) is 6.26. The molecule has 1 aliphatic heterocycles. The summed E-state index contributed by atoms with van der Waals surface area (Å²) >= 11 is 0. The van der Waals surface area contributed by atoms with Gasteiger partial charge >= 0.3 is 24.1 Å². The molecule has 2 heterocycles. The Morgan fingerprint density at radius 3 is 2.05 bits per heavy atom. The van der Waals surface area contributed by atoms with Crippen LogP contribution in [0.25, 0.3) is 11.3 Å². The zero-order valence-corrected chi connectivity index (χ0v) is 60.3. The van der Waals surface area contributed by atoms with Crippen molar-refractivity contribution in [1.82, 2.24) is 41.5 Å². The molecule has 0 saturated carbocycles. The minimum Gasteiger partial charge on any atom is -0.494 e. The summed E-state index contributed by atoms with van der Waals surface area (Å²) in [7, 11) is -6.40. The van der Waals surface area contributed by atoms with Crippen LogP contribution >= 0.6 is 0 Å². The number of carbonyl (C=O) groups excluding carboxylic acids is 8. The van der Waals surface area contributed by atoms with E-state index in [4.69, 9.17) is 29.4 Å². The van der Waals surface area contributed by atoms with Crippen LogP contribution in [0.15, 0.2) is 125 Å². The Balaban J connectivity index is 0.758. The van der Waals surface area contributed by atoms with Crippen molar-refractivity contribution >= 4 is 108 Å². The molecular formula is C69H85F2N15O18S2. The van der Waals surface area contributed by atoms with Gasteiger partial charge in [0.2, 0.25) is 29.6 Å². The summed E-state index contributed by atoms with van der Waals surface area (Å²) in [5.41, 5.74) is 7.40. The predicted molar refractivity (Wildman–Crippen MR) is 387 cm³/mol. The lowest BCUT2D eigenvalue weighted by atomic mass is 10.0. The van der Waals surface area contributed by atoms with Crippen LogP contribution in [0.4, 0.5) is 57.5 Å². The number of sulfonamides is 1. The van der Waals surface area contributed by atoms with E-state index >= 15 is 4.39 Å². The molecular weight excluding hydrogens is 1430 g/mol. The maximum Gasteiger partial charge on any atom is 0.319 e. The van der Waals surface area contributed by atoms with Crippen LogP contribution in [0.1, 0.15) is 76.5 Å². The first-order valence-electron chi connectivity index (χ1n) is 33.4. The number of nitrogens with two attached hydrogens (primary N) is 1. The van der Waals surface area contributed by atoms with Crippen LogP contribution in [0.5, 0.6) is 11.5 Å². The molecule has 5 atom stereocenters. The predicted octanol–water partition coefficient (Wildman–Crippen LogP) is 6.48. The normalized spacial score (nSPS) is 13.6.